The zero-order chi connectivity index (χ0) is 45.8. The van der Waals surface area contributed by atoms with Gasteiger partial charge in [-0.25, -0.2) is 0 Å². The van der Waals surface area contributed by atoms with Gasteiger partial charge in [-0.05, 0) is 69.1 Å². The van der Waals surface area contributed by atoms with Crippen molar-refractivity contribution in [3.05, 3.63) is 11.6 Å². The number of unbranched alkanes of at least 4 members (excludes halogenated alkanes) is 2. The van der Waals surface area contributed by atoms with Crippen molar-refractivity contribution >= 4 is 41.2 Å². The average molecular weight is 839 g/mol. The van der Waals surface area contributed by atoms with Gasteiger partial charge in [-0.1, -0.05) is 81.2 Å². The number of hydrogen-bond acceptors (Lipinski definition) is 7. The summed E-state index contributed by atoms with van der Waals surface area (Å²) in [5.74, 6) is -0.610. The Kier molecular flexibility index (Phi) is 20.5. The summed E-state index contributed by atoms with van der Waals surface area (Å²) in [6.07, 6.45) is 13.2. The first-order valence-electron chi connectivity index (χ1n) is 22.5. The van der Waals surface area contributed by atoms with Crippen LogP contribution in [0.1, 0.15) is 133 Å². The van der Waals surface area contributed by atoms with Gasteiger partial charge in [0, 0.05) is 59.7 Å². The highest BCUT2D eigenvalue weighted by molar-refractivity contribution is 5.99. The number of allylic oxidation sites excluding steroid dienone is 1. The molecule has 2 aliphatic heterocycles. The predicted molar refractivity (Wildman–Crippen MR) is 236 cm³/mol. The number of amides is 6. The van der Waals surface area contributed by atoms with Crippen LogP contribution in [-0.4, -0.2) is 148 Å². The third kappa shape index (κ3) is 12.0. The van der Waals surface area contributed by atoms with E-state index >= 15 is 0 Å². The number of hydrogen-bond donors (Lipinski definition) is 0. The SMILES string of the molecule is C#CCCC/C=C(\C)C(=O)N(C)[C@H](C(=O)N(C)[C@H](C(=O)N(C)[C@H](C(=O)N(C)[C@H](C(=O)N1CCC[C@H]1C(=O)N1CCC[C@H]1C(=O)CC)C(C)C)C(C)C)[C@@H](C)CC)[C@@H](C)CC. The first kappa shape index (κ1) is 51.9. The summed E-state index contributed by atoms with van der Waals surface area (Å²) in [5.41, 5.74) is 0.517. The molecule has 2 rings (SSSR count). The van der Waals surface area contributed by atoms with Gasteiger partial charge >= 0.3 is 0 Å². The summed E-state index contributed by atoms with van der Waals surface area (Å²) in [4.78, 5) is 108. The fourth-order valence-corrected chi connectivity index (χ4v) is 9.13. The van der Waals surface area contributed by atoms with Gasteiger partial charge < -0.3 is 29.4 Å². The monoisotopic (exact) mass is 839 g/mol. The minimum Gasteiger partial charge on any atom is -0.332 e. The number of rotatable bonds is 21. The molecule has 2 saturated heterocycles. The summed E-state index contributed by atoms with van der Waals surface area (Å²) in [6, 6.07) is -4.88. The van der Waals surface area contributed by atoms with Gasteiger partial charge in [0.1, 0.15) is 30.2 Å². The molecule has 0 bridgehead atoms. The molecule has 0 spiro atoms. The van der Waals surface area contributed by atoms with E-state index in [4.69, 9.17) is 6.42 Å². The maximum absolute atomic E-state index is 14.8. The fourth-order valence-electron chi connectivity index (χ4n) is 9.13. The van der Waals surface area contributed by atoms with Crippen LogP contribution in [0.25, 0.3) is 0 Å². The van der Waals surface area contributed by atoms with Crippen LogP contribution < -0.4 is 0 Å². The highest BCUT2D eigenvalue weighted by Crippen LogP contribution is 2.30. The Labute approximate surface area is 362 Å². The standard InChI is InChI=1S/C47H78N6O7/c1-16-20-21-22-25-34(11)42(55)50(14)40(32(9)17-2)46(59)51(15)41(33(10)18-3)45(58)48(12)38(30(5)6)44(57)49(13)39(31(7)8)47(60)53-29-24-27-36(53)43(56)52-28-23-26-35(52)37(54)19-4/h1,25,30-33,35-36,38-41H,17-24,26-29H2,2-15H3/b34-25+/t32-,33-,35-,36-,38-,39-,40-,41-/m0/s1. The first-order chi connectivity index (χ1) is 28.2. The third-order valence-electron chi connectivity index (χ3n) is 13.1. The minimum atomic E-state index is -0.982. The number of nitrogens with zero attached hydrogens (tertiary/aromatic N) is 6. The molecular weight excluding hydrogens is 761 g/mol. The van der Waals surface area contributed by atoms with Gasteiger partial charge in [0.05, 0.1) is 6.04 Å². The van der Waals surface area contributed by atoms with Crippen LogP contribution in [0.15, 0.2) is 11.6 Å². The predicted octanol–water partition coefficient (Wildman–Crippen LogP) is 5.41. The van der Waals surface area contributed by atoms with Gasteiger partial charge in [-0.3, -0.25) is 33.6 Å². The van der Waals surface area contributed by atoms with E-state index in [1.807, 2.05) is 61.5 Å². The van der Waals surface area contributed by atoms with Crippen molar-refractivity contribution in [2.45, 2.75) is 170 Å². The van der Waals surface area contributed by atoms with E-state index in [-0.39, 0.29) is 53.1 Å². The molecule has 13 nitrogen and oxygen atoms in total. The maximum atomic E-state index is 14.8. The Balaban J connectivity index is 2.45. The summed E-state index contributed by atoms with van der Waals surface area (Å²) < 4.78 is 0. The Morgan fingerprint density at radius 2 is 1.12 bits per heavy atom. The molecule has 0 N–H and O–H groups in total. The van der Waals surface area contributed by atoms with Gasteiger partial charge in [0.2, 0.25) is 35.4 Å². The molecule has 6 amide bonds. The molecule has 0 saturated carbocycles. The van der Waals surface area contributed by atoms with Crippen molar-refractivity contribution < 1.29 is 33.6 Å². The van der Waals surface area contributed by atoms with Crippen molar-refractivity contribution in [2.75, 3.05) is 41.3 Å². The van der Waals surface area contributed by atoms with Crippen molar-refractivity contribution in [2.24, 2.45) is 23.7 Å². The third-order valence-corrected chi connectivity index (χ3v) is 13.1. The molecule has 2 fully saturated rings. The lowest BCUT2D eigenvalue weighted by atomic mass is 9.91. The molecule has 338 valence electrons. The quantitative estimate of drug-likeness (QED) is 0.0857. The number of Topliss-reactive ketones (excluding diaryl/α,β-unsaturated/α-hetero) is 1. The fraction of sp³-hybridized carbons (Fsp3) is 0.766. The van der Waals surface area contributed by atoms with E-state index < -0.39 is 48.1 Å². The first-order valence-corrected chi connectivity index (χ1v) is 22.5. The van der Waals surface area contributed by atoms with Crippen molar-refractivity contribution in [3.8, 4) is 12.3 Å². The normalized spacial score (nSPS) is 19.9. The molecule has 0 aromatic rings. The smallest absolute Gasteiger partial charge is 0.249 e. The van der Waals surface area contributed by atoms with Crippen LogP contribution in [0.5, 0.6) is 0 Å². The Morgan fingerprint density at radius 1 is 0.667 bits per heavy atom. The minimum absolute atomic E-state index is 0.0236. The zero-order valence-corrected chi connectivity index (χ0v) is 39.5. The van der Waals surface area contributed by atoms with E-state index in [9.17, 15) is 33.6 Å². The molecule has 2 aliphatic rings. The number of likely N-dealkylation sites (N-methyl/N-ethyl adjacent to an activating group) is 4. The van der Waals surface area contributed by atoms with E-state index in [1.165, 1.54) is 19.6 Å². The number of terminal acetylenes is 1. The Hall–Kier alpha value is -4.21. The van der Waals surface area contributed by atoms with Crippen LogP contribution >= 0.6 is 0 Å². The van der Waals surface area contributed by atoms with E-state index in [0.29, 0.717) is 70.0 Å². The number of carbonyl (C=O) groups excluding carboxylic acids is 7. The molecule has 13 heteroatoms. The summed E-state index contributed by atoms with van der Waals surface area (Å²) in [7, 11) is 6.39. The molecule has 0 aliphatic carbocycles. The second-order valence-corrected chi connectivity index (χ2v) is 18.0. The van der Waals surface area contributed by atoms with Crippen LogP contribution in [0.3, 0.4) is 0 Å². The maximum Gasteiger partial charge on any atom is 0.249 e. The van der Waals surface area contributed by atoms with E-state index in [2.05, 4.69) is 5.92 Å². The second kappa shape index (κ2) is 23.7. The summed E-state index contributed by atoms with van der Waals surface area (Å²) in [6.45, 7) is 19.5. The largest absolute Gasteiger partial charge is 0.332 e. The highest BCUT2D eigenvalue weighted by Gasteiger charge is 2.47. The number of likely N-dealkylation sites (tertiary alicyclic amines) is 2. The van der Waals surface area contributed by atoms with E-state index in [1.54, 1.807) is 51.8 Å². The van der Waals surface area contributed by atoms with Crippen LogP contribution in [-0.2, 0) is 33.6 Å². The Morgan fingerprint density at radius 3 is 1.60 bits per heavy atom. The van der Waals surface area contributed by atoms with E-state index in [0.717, 1.165) is 12.8 Å². The van der Waals surface area contributed by atoms with Gasteiger partial charge in [-0.2, -0.15) is 0 Å². The van der Waals surface area contributed by atoms with Gasteiger partial charge in [0.25, 0.3) is 0 Å². The molecule has 0 aromatic heterocycles. The second-order valence-electron chi connectivity index (χ2n) is 18.0. The highest BCUT2D eigenvalue weighted by atomic mass is 16.2. The number of carbonyl (C=O) groups is 7. The van der Waals surface area contributed by atoms with Crippen molar-refractivity contribution in [1.82, 2.24) is 29.4 Å². The lowest BCUT2D eigenvalue weighted by Crippen LogP contribution is -2.62. The molecule has 60 heavy (non-hydrogen) atoms. The van der Waals surface area contributed by atoms with Crippen molar-refractivity contribution in [1.29, 1.82) is 0 Å². The molecular formula is C47H78N6O7. The van der Waals surface area contributed by atoms with Crippen LogP contribution in [0.4, 0.5) is 0 Å². The topological polar surface area (TPSA) is 139 Å². The van der Waals surface area contributed by atoms with Gasteiger partial charge in [-0.15, -0.1) is 12.3 Å². The zero-order valence-electron chi connectivity index (χ0n) is 39.5. The Bertz CT molecular complexity index is 1600. The van der Waals surface area contributed by atoms with Gasteiger partial charge in [0.15, 0.2) is 5.78 Å². The van der Waals surface area contributed by atoms with Crippen molar-refractivity contribution in [3.63, 3.8) is 0 Å². The molecule has 0 aromatic carbocycles. The molecule has 2 heterocycles. The summed E-state index contributed by atoms with van der Waals surface area (Å²) in [5, 5.41) is 0. The van der Waals surface area contributed by atoms with Crippen LogP contribution in [0.2, 0.25) is 0 Å². The number of ketones is 1. The summed E-state index contributed by atoms with van der Waals surface area (Å²) >= 11 is 0. The average Bonchev–Trinajstić information content (AvgIpc) is 3.92. The lowest BCUT2D eigenvalue weighted by Gasteiger charge is -2.43. The van der Waals surface area contributed by atoms with Crippen LogP contribution in [0, 0.1) is 36.0 Å². The molecule has 0 unspecified atom stereocenters. The molecule has 0 radical (unpaired) electrons. The lowest BCUT2D eigenvalue weighted by molar-refractivity contribution is -0.158. The molecule has 8 atom stereocenters.